The molecule has 4 nitrogen and oxygen atoms in total. The Bertz CT molecular complexity index is 1430. The summed E-state index contributed by atoms with van der Waals surface area (Å²) in [7, 11) is -3.21. The molecular formula is C38H36O4Si2Ti. The van der Waals surface area contributed by atoms with Crippen LogP contribution in [0.25, 0.3) is 0 Å². The van der Waals surface area contributed by atoms with Gasteiger partial charge in [-0.15, -0.1) is 0 Å². The van der Waals surface area contributed by atoms with Crippen molar-refractivity contribution >= 4 is 47.8 Å². The first kappa shape index (κ1) is 31.3. The van der Waals surface area contributed by atoms with Gasteiger partial charge in [-0.2, -0.15) is 0 Å². The summed E-state index contributed by atoms with van der Waals surface area (Å²) in [5.74, 6) is 0. The molecule has 0 aliphatic heterocycles. The van der Waals surface area contributed by atoms with Crippen molar-refractivity contribution in [1.29, 1.82) is 0 Å². The van der Waals surface area contributed by atoms with Crippen molar-refractivity contribution in [2.75, 3.05) is 14.2 Å². The van der Waals surface area contributed by atoms with Crippen molar-refractivity contribution in [2.45, 2.75) is 0 Å². The topological polar surface area (TPSA) is 36.9 Å². The first-order valence-electron chi connectivity index (χ1n) is 15.0. The predicted molar refractivity (Wildman–Crippen MR) is 184 cm³/mol. The van der Waals surface area contributed by atoms with Crippen molar-refractivity contribution in [2.24, 2.45) is 0 Å². The van der Waals surface area contributed by atoms with Gasteiger partial charge in [0, 0.05) is 0 Å². The van der Waals surface area contributed by atoms with E-state index >= 15 is 0 Å². The zero-order chi connectivity index (χ0) is 31.0. The van der Waals surface area contributed by atoms with Gasteiger partial charge in [0.1, 0.15) is 0 Å². The maximum atomic E-state index is 7.70. The fourth-order valence-corrected chi connectivity index (χ4v) is 23.2. The standard InChI is InChI=1S/2C18H15OSi.2CH3O.Ti/c2*19-20(16-10-4-1-5-11-16,17-12-6-2-7-13-17)18-14-8-3-9-15-18;2*1-2;/h2*1-15H;2*1H3;/q4*-1;+4. The van der Waals surface area contributed by atoms with Gasteiger partial charge >= 0.3 is 275 Å². The molecule has 6 aromatic rings. The quantitative estimate of drug-likeness (QED) is 0.144. The van der Waals surface area contributed by atoms with Gasteiger partial charge in [0.15, 0.2) is 0 Å². The molecule has 0 radical (unpaired) electrons. The monoisotopic (exact) mass is 660 g/mol. The van der Waals surface area contributed by atoms with Crippen molar-refractivity contribution < 1.29 is 30.8 Å². The summed E-state index contributed by atoms with van der Waals surface area (Å²) in [4.78, 5) is 0. The molecule has 0 amide bonds. The van der Waals surface area contributed by atoms with Crippen LogP contribution < -0.4 is 31.1 Å². The van der Waals surface area contributed by atoms with E-state index in [-0.39, 0.29) is 0 Å². The molecule has 0 aliphatic carbocycles. The molecule has 0 fully saturated rings. The van der Waals surface area contributed by atoms with Crippen molar-refractivity contribution in [3.63, 3.8) is 0 Å². The van der Waals surface area contributed by atoms with Crippen LogP contribution in [0.3, 0.4) is 0 Å². The fraction of sp³-hybridized carbons (Fsp3) is 0.0526. The maximum absolute atomic E-state index is 7.70. The molecule has 0 aliphatic rings. The normalized spacial score (nSPS) is 12.1. The summed E-state index contributed by atoms with van der Waals surface area (Å²) in [6.45, 7) is 0. The molecular weight excluding hydrogens is 624 g/mol. The van der Waals surface area contributed by atoms with Crippen LogP contribution in [0.4, 0.5) is 0 Å². The minimum absolute atomic E-state index is 1.08. The van der Waals surface area contributed by atoms with Crippen LogP contribution in [-0.4, -0.2) is 30.9 Å². The zero-order valence-electron chi connectivity index (χ0n) is 25.5. The Morgan fingerprint density at radius 1 is 0.311 bits per heavy atom. The van der Waals surface area contributed by atoms with Gasteiger partial charge in [-0.1, -0.05) is 0 Å². The van der Waals surface area contributed by atoms with Crippen molar-refractivity contribution in [3.05, 3.63) is 182 Å². The molecule has 224 valence electrons. The van der Waals surface area contributed by atoms with E-state index in [2.05, 4.69) is 146 Å². The average Bonchev–Trinajstić information content (AvgIpc) is 3.14. The van der Waals surface area contributed by atoms with Crippen LogP contribution >= 0.6 is 0 Å². The van der Waals surface area contributed by atoms with E-state index in [1.165, 1.54) is 0 Å². The zero-order valence-corrected chi connectivity index (χ0v) is 29.0. The average molecular weight is 661 g/mol. The number of hydrogen-bond acceptors (Lipinski definition) is 4. The first-order chi connectivity index (χ1) is 22.2. The third-order valence-electron chi connectivity index (χ3n) is 8.14. The number of benzene rings is 6. The van der Waals surface area contributed by atoms with E-state index in [1.807, 2.05) is 36.4 Å². The summed E-state index contributed by atoms with van der Waals surface area (Å²) < 4.78 is 28.4. The summed E-state index contributed by atoms with van der Waals surface area (Å²) in [5.41, 5.74) is 0. The molecule has 0 N–H and O–H groups in total. The van der Waals surface area contributed by atoms with E-state index in [0.717, 1.165) is 31.1 Å². The predicted octanol–water partition coefficient (Wildman–Crippen LogP) is 4.46. The second-order valence-electron chi connectivity index (χ2n) is 10.7. The van der Waals surface area contributed by atoms with Gasteiger partial charge < -0.3 is 0 Å². The Balaban J connectivity index is 1.64. The Morgan fingerprint density at radius 3 is 0.644 bits per heavy atom. The molecule has 45 heavy (non-hydrogen) atoms. The minimum atomic E-state index is -4.72. The SMILES string of the molecule is C[O][Ti]([O]C)([O][Si](c1ccccc1)(c1ccccc1)c1ccccc1)[O][Si](c1ccccc1)(c1ccccc1)c1ccccc1. The van der Waals surface area contributed by atoms with E-state index in [0.29, 0.717) is 0 Å². The van der Waals surface area contributed by atoms with Crippen LogP contribution in [0.5, 0.6) is 0 Å². The summed E-state index contributed by atoms with van der Waals surface area (Å²) in [6, 6.07) is 62.9. The number of rotatable bonds is 12. The molecule has 0 saturated carbocycles. The van der Waals surface area contributed by atoms with Crippen LogP contribution in [0.1, 0.15) is 0 Å². The molecule has 0 aromatic heterocycles. The van der Waals surface area contributed by atoms with E-state index < -0.39 is 34.8 Å². The van der Waals surface area contributed by atoms with Crippen LogP contribution in [-0.2, 0) is 30.8 Å². The molecule has 0 saturated heterocycles. The molecule has 0 spiro atoms. The molecule has 0 unspecified atom stereocenters. The van der Waals surface area contributed by atoms with Crippen LogP contribution in [0, 0.1) is 0 Å². The van der Waals surface area contributed by atoms with Gasteiger partial charge in [0.05, 0.1) is 0 Å². The van der Waals surface area contributed by atoms with E-state index in [1.54, 1.807) is 14.2 Å². The number of hydrogen-bond donors (Lipinski definition) is 0. The third kappa shape index (κ3) is 6.12. The van der Waals surface area contributed by atoms with Crippen LogP contribution in [0.2, 0.25) is 0 Å². The third-order valence-corrected chi connectivity index (χ3v) is 22.9. The Labute approximate surface area is 273 Å². The molecule has 0 atom stereocenters. The summed E-state index contributed by atoms with van der Waals surface area (Å²) in [6.07, 6.45) is 0. The molecule has 6 rings (SSSR count). The van der Waals surface area contributed by atoms with Gasteiger partial charge in [0.2, 0.25) is 0 Å². The Kier molecular flexibility index (Phi) is 9.85. The van der Waals surface area contributed by atoms with Gasteiger partial charge in [-0.05, 0) is 0 Å². The molecule has 0 bridgehead atoms. The second kappa shape index (κ2) is 14.2. The molecule has 7 heteroatoms. The summed E-state index contributed by atoms with van der Waals surface area (Å²) >= 11 is -4.72. The first-order valence-corrected chi connectivity index (χ1v) is 21.4. The Hall–Kier alpha value is -3.69. The second-order valence-corrected chi connectivity index (χ2v) is 22.0. The molecule has 6 aromatic carbocycles. The Morgan fingerprint density at radius 2 is 0.489 bits per heavy atom. The van der Waals surface area contributed by atoms with Crippen molar-refractivity contribution in [1.82, 2.24) is 0 Å². The van der Waals surface area contributed by atoms with Crippen molar-refractivity contribution in [3.8, 4) is 0 Å². The van der Waals surface area contributed by atoms with Gasteiger partial charge in [-0.3, -0.25) is 0 Å². The van der Waals surface area contributed by atoms with Crippen LogP contribution in [0.15, 0.2) is 182 Å². The summed E-state index contributed by atoms with van der Waals surface area (Å²) in [5, 5.41) is 6.51. The molecule has 0 heterocycles. The van der Waals surface area contributed by atoms with E-state index in [4.69, 9.17) is 12.7 Å². The fourth-order valence-electron chi connectivity index (χ4n) is 6.04. The van der Waals surface area contributed by atoms with Gasteiger partial charge in [0.25, 0.3) is 0 Å². The van der Waals surface area contributed by atoms with Gasteiger partial charge in [-0.25, -0.2) is 0 Å². The van der Waals surface area contributed by atoms with E-state index in [9.17, 15) is 0 Å².